The van der Waals surface area contributed by atoms with E-state index in [2.05, 4.69) is 6.92 Å². The minimum absolute atomic E-state index is 0.0670. The van der Waals surface area contributed by atoms with E-state index < -0.39 is 18.5 Å². The van der Waals surface area contributed by atoms with Crippen molar-refractivity contribution in [3.8, 4) is 0 Å². The SMILES string of the molecule is C[C@]12CC[C@H]3[C@@H]([C@@H](CCCCCCCCCSCCCC(F)(F)C(F)(F)F)CC4=CC(=O)CC[C@@H]43)[C@@H]1CC[C@@H]2O. The molecule has 8 heteroatoms. The Morgan fingerprint density at radius 2 is 1.60 bits per heavy atom. The van der Waals surface area contributed by atoms with Gasteiger partial charge in [-0.25, -0.2) is 0 Å². The highest BCUT2D eigenvalue weighted by Crippen LogP contribution is 2.63. The summed E-state index contributed by atoms with van der Waals surface area (Å²) in [5.74, 6) is 0.0866. The summed E-state index contributed by atoms with van der Waals surface area (Å²) < 4.78 is 62.4. The number of rotatable bonds is 14. The number of carbonyl (C=O) groups is 1. The molecule has 7 atom stereocenters. The fraction of sp³-hybridized carbons (Fsp3) is 0.906. The molecule has 230 valence electrons. The molecule has 0 aromatic carbocycles. The lowest BCUT2D eigenvalue weighted by Crippen LogP contribution is -2.50. The summed E-state index contributed by atoms with van der Waals surface area (Å²) >= 11 is 1.47. The van der Waals surface area contributed by atoms with Gasteiger partial charge in [-0.15, -0.1) is 0 Å². The predicted molar refractivity (Wildman–Crippen MR) is 151 cm³/mol. The summed E-state index contributed by atoms with van der Waals surface area (Å²) in [6.07, 6.45) is 11.6. The van der Waals surface area contributed by atoms with Crippen LogP contribution in [0.15, 0.2) is 11.6 Å². The van der Waals surface area contributed by atoms with Crippen molar-refractivity contribution in [2.45, 2.75) is 134 Å². The number of hydrogen-bond acceptors (Lipinski definition) is 3. The van der Waals surface area contributed by atoms with E-state index >= 15 is 0 Å². The van der Waals surface area contributed by atoms with Crippen LogP contribution < -0.4 is 0 Å². The Morgan fingerprint density at radius 1 is 0.925 bits per heavy atom. The number of aliphatic hydroxyl groups excluding tert-OH is 1. The Bertz CT molecular complexity index is 874. The Kier molecular flexibility index (Phi) is 11.1. The van der Waals surface area contributed by atoms with Crippen LogP contribution in [0.1, 0.15) is 116 Å². The molecule has 1 N–H and O–H groups in total. The summed E-state index contributed by atoms with van der Waals surface area (Å²) in [7, 11) is 0. The first-order chi connectivity index (χ1) is 18.9. The monoisotopic (exact) mass is 592 g/mol. The summed E-state index contributed by atoms with van der Waals surface area (Å²) in [6, 6.07) is 0. The third-order valence-electron chi connectivity index (χ3n) is 11.0. The highest BCUT2D eigenvalue weighted by molar-refractivity contribution is 7.99. The lowest BCUT2D eigenvalue weighted by Gasteiger charge is -2.56. The zero-order valence-corrected chi connectivity index (χ0v) is 24.9. The van der Waals surface area contributed by atoms with Gasteiger partial charge >= 0.3 is 12.1 Å². The molecule has 0 saturated heterocycles. The van der Waals surface area contributed by atoms with Gasteiger partial charge in [-0.2, -0.15) is 33.7 Å². The molecular weight excluding hydrogens is 543 g/mol. The normalized spacial score (nSPS) is 34.3. The number of aliphatic hydroxyl groups is 1. The molecule has 4 aliphatic rings. The number of halogens is 5. The molecule has 2 nitrogen and oxygen atoms in total. The lowest BCUT2D eigenvalue weighted by molar-refractivity contribution is -0.284. The van der Waals surface area contributed by atoms with Crippen LogP contribution >= 0.6 is 11.8 Å². The number of carbonyl (C=O) groups excluding carboxylic acids is 1. The van der Waals surface area contributed by atoms with Crippen LogP contribution in [0.2, 0.25) is 0 Å². The van der Waals surface area contributed by atoms with Gasteiger partial charge in [0, 0.05) is 12.8 Å². The van der Waals surface area contributed by atoms with Gasteiger partial charge in [0.15, 0.2) is 5.78 Å². The topological polar surface area (TPSA) is 37.3 Å². The molecule has 4 aliphatic carbocycles. The van der Waals surface area contributed by atoms with E-state index in [1.807, 2.05) is 6.08 Å². The quantitative estimate of drug-likeness (QED) is 0.161. The van der Waals surface area contributed by atoms with Crippen LogP contribution in [0.25, 0.3) is 0 Å². The van der Waals surface area contributed by atoms with Crippen molar-refractivity contribution < 1.29 is 31.9 Å². The van der Waals surface area contributed by atoms with Gasteiger partial charge < -0.3 is 5.11 Å². The molecule has 3 fully saturated rings. The average Bonchev–Trinajstić information content (AvgIpc) is 3.19. The summed E-state index contributed by atoms with van der Waals surface area (Å²) in [4.78, 5) is 12.2. The highest BCUT2D eigenvalue weighted by Gasteiger charge is 2.58. The van der Waals surface area contributed by atoms with Crippen molar-refractivity contribution in [1.82, 2.24) is 0 Å². The lowest BCUT2D eigenvalue weighted by atomic mass is 9.49. The van der Waals surface area contributed by atoms with Crippen LogP contribution in [0.5, 0.6) is 0 Å². The second kappa shape index (κ2) is 13.8. The molecule has 0 unspecified atom stereocenters. The molecule has 0 radical (unpaired) electrons. The van der Waals surface area contributed by atoms with Gasteiger partial charge in [0.1, 0.15) is 0 Å². The van der Waals surface area contributed by atoms with Gasteiger partial charge in [-0.3, -0.25) is 4.79 Å². The first-order valence-corrected chi connectivity index (χ1v) is 17.0. The minimum atomic E-state index is -5.44. The van der Waals surface area contributed by atoms with Crippen molar-refractivity contribution in [2.75, 3.05) is 11.5 Å². The largest absolute Gasteiger partial charge is 0.453 e. The Balaban J connectivity index is 1.12. The number of hydrogen-bond donors (Lipinski definition) is 1. The van der Waals surface area contributed by atoms with Crippen LogP contribution in [-0.4, -0.2) is 40.6 Å². The Hall–Kier alpha value is -0.630. The first-order valence-electron chi connectivity index (χ1n) is 15.9. The molecule has 0 spiro atoms. The maximum Gasteiger partial charge on any atom is 0.453 e. The smallest absolute Gasteiger partial charge is 0.393 e. The summed E-state index contributed by atoms with van der Waals surface area (Å²) in [5.41, 5.74) is 1.49. The fourth-order valence-corrected chi connectivity index (χ4v) is 9.74. The molecular formula is C32H49F5O2S. The van der Waals surface area contributed by atoms with Crippen molar-refractivity contribution in [2.24, 2.45) is 35.0 Å². The van der Waals surface area contributed by atoms with Gasteiger partial charge in [0.05, 0.1) is 6.10 Å². The van der Waals surface area contributed by atoms with Crippen molar-refractivity contribution in [1.29, 1.82) is 0 Å². The van der Waals surface area contributed by atoms with Crippen molar-refractivity contribution in [3.63, 3.8) is 0 Å². The van der Waals surface area contributed by atoms with Crippen molar-refractivity contribution in [3.05, 3.63) is 11.6 Å². The second-order valence-corrected chi connectivity index (χ2v) is 14.7. The van der Waals surface area contributed by atoms with Crippen LogP contribution in [0.3, 0.4) is 0 Å². The molecule has 0 bridgehead atoms. The molecule has 0 aromatic rings. The third-order valence-corrected chi connectivity index (χ3v) is 12.1. The van der Waals surface area contributed by atoms with E-state index in [4.69, 9.17) is 0 Å². The number of thioether (sulfide) groups is 1. The standard InChI is InChI=1S/C32H49F5O2S/c1-30-17-15-26-25-12-11-24(38)21-23(25)20-22(29(26)27(30)13-14-28(30)39)10-7-5-3-2-4-6-8-18-40-19-9-16-31(33,34)32(35,36)37/h21-22,25-29,39H,2-20H2,1H3/t22-,25-,26+,27-,28-,29+,30-/m0/s1. The average molecular weight is 593 g/mol. The van der Waals surface area contributed by atoms with Gasteiger partial charge in [0.2, 0.25) is 0 Å². The van der Waals surface area contributed by atoms with E-state index in [1.165, 1.54) is 55.9 Å². The molecule has 0 aliphatic heterocycles. The summed E-state index contributed by atoms with van der Waals surface area (Å²) in [5, 5.41) is 10.8. The number of unbranched alkanes of at least 4 members (excludes halogenated alkanes) is 6. The molecule has 40 heavy (non-hydrogen) atoms. The molecule has 4 rings (SSSR count). The second-order valence-electron chi connectivity index (χ2n) is 13.5. The molecule has 0 heterocycles. The maximum absolute atomic E-state index is 12.9. The predicted octanol–water partition coefficient (Wildman–Crippen LogP) is 9.55. The van der Waals surface area contributed by atoms with Gasteiger partial charge in [-0.1, -0.05) is 51.0 Å². The Labute approximate surface area is 241 Å². The van der Waals surface area contributed by atoms with E-state index in [0.29, 0.717) is 47.5 Å². The first kappa shape index (κ1) is 32.3. The van der Waals surface area contributed by atoms with E-state index in [9.17, 15) is 31.9 Å². The minimum Gasteiger partial charge on any atom is -0.393 e. The van der Waals surface area contributed by atoms with Crippen LogP contribution in [0.4, 0.5) is 22.0 Å². The number of fused-ring (bicyclic) bond motifs is 5. The number of alkyl halides is 5. The third kappa shape index (κ3) is 7.47. The number of ketones is 1. The van der Waals surface area contributed by atoms with E-state index in [-0.39, 0.29) is 17.9 Å². The van der Waals surface area contributed by atoms with Gasteiger partial charge in [0.25, 0.3) is 0 Å². The maximum atomic E-state index is 12.9. The van der Waals surface area contributed by atoms with Gasteiger partial charge in [-0.05, 0) is 110 Å². The van der Waals surface area contributed by atoms with E-state index in [1.54, 1.807) is 0 Å². The zero-order valence-electron chi connectivity index (χ0n) is 24.1. The molecule has 3 saturated carbocycles. The zero-order chi connectivity index (χ0) is 29.0. The molecule has 0 amide bonds. The highest BCUT2D eigenvalue weighted by atomic mass is 32.2. The van der Waals surface area contributed by atoms with E-state index in [0.717, 1.165) is 57.1 Å². The van der Waals surface area contributed by atoms with Crippen LogP contribution in [-0.2, 0) is 4.79 Å². The van der Waals surface area contributed by atoms with Crippen molar-refractivity contribution >= 4 is 17.5 Å². The fourth-order valence-electron chi connectivity index (χ4n) is 8.78. The van der Waals surface area contributed by atoms with Crippen LogP contribution in [0, 0.1) is 35.0 Å². The molecule has 0 aromatic heterocycles. The Morgan fingerprint density at radius 3 is 2.33 bits per heavy atom. The summed E-state index contributed by atoms with van der Waals surface area (Å²) in [6.45, 7) is 2.34. The number of allylic oxidation sites excluding steroid dienone is 1.